The van der Waals surface area contributed by atoms with Gasteiger partial charge in [0.1, 0.15) is 5.84 Å². The molecule has 1 aromatic heterocycles. The third-order valence-electron chi connectivity index (χ3n) is 6.47. The molecule has 1 saturated heterocycles. The molecule has 1 amide bonds. The van der Waals surface area contributed by atoms with Crippen LogP contribution in [0.15, 0.2) is 71.7 Å². The molecular formula is C27H28N4O4. The van der Waals surface area contributed by atoms with Crippen LogP contribution in [0.25, 0.3) is 11.1 Å². The van der Waals surface area contributed by atoms with Crippen LogP contribution in [0.4, 0.5) is 0 Å². The molecule has 0 spiro atoms. The number of methoxy groups -OCH3 is 1. The van der Waals surface area contributed by atoms with E-state index in [-0.39, 0.29) is 29.3 Å². The molecule has 0 aliphatic carbocycles. The standard InChI is InChI=1S/C27H28N4O4/c1-35-27(34)22(15-17-4-2-5-20(14-17)25(28)29)23-6-3-13-31(23)26(33)19-9-7-18(8-10-19)21-11-12-24(32)30-16-21/h2,4-5,7-12,14,16,22-23H,3,6,13,15H2,1H3,(H3,28,29)(H,30,32)/t22?,23-/m1/s1. The molecule has 180 valence electrons. The van der Waals surface area contributed by atoms with Crippen LogP contribution in [0.1, 0.15) is 34.3 Å². The summed E-state index contributed by atoms with van der Waals surface area (Å²) in [6, 6.07) is 17.4. The van der Waals surface area contributed by atoms with Crippen molar-refractivity contribution in [2.45, 2.75) is 25.3 Å². The molecule has 2 atom stereocenters. The summed E-state index contributed by atoms with van der Waals surface area (Å²) in [5.74, 6) is -1.07. The molecule has 4 rings (SSSR count). The van der Waals surface area contributed by atoms with Crippen LogP contribution in [0, 0.1) is 11.3 Å². The van der Waals surface area contributed by atoms with Gasteiger partial charge in [-0.1, -0.05) is 30.3 Å². The van der Waals surface area contributed by atoms with Gasteiger partial charge < -0.3 is 20.4 Å². The summed E-state index contributed by atoms with van der Waals surface area (Å²) in [4.78, 5) is 42.0. The number of carbonyl (C=O) groups is 2. The molecular weight excluding hydrogens is 444 g/mol. The van der Waals surface area contributed by atoms with E-state index < -0.39 is 5.92 Å². The van der Waals surface area contributed by atoms with Gasteiger partial charge in [-0.05, 0) is 60.2 Å². The number of likely N-dealkylation sites (tertiary alicyclic amines) is 1. The Labute approximate surface area is 203 Å². The number of hydrogen-bond donors (Lipinski definition) is 3. The van der Waals surface area contributed by atoms with Gasteiger partial charge in [0, 0.05) is 36.0 Å². The summed E-state index contributed by atoms with van der Waals surface area (Å²) in [5, 5.41) is 7.68. The number of H-pyrrole nitrogens is 1. The topological polar surface area (TPSA) is 129 Å². The van der Waals surface area contributed by atoms with Crippen molar-refractivity contribution in [2.24, 2.45) is 11.7 Å². The third kappa shape index (κ3) is 5.32. The molecule has 2 aromatic carbocycles. The van der Waals surface area contributed by atoms with Crippen molar-refractivity contribution in [3.63, 3.8) is 0 Å². The third-order valence-corrected chi connectivity index (χ3v) is 6.47. The average Bonchev–Trinajstić information content (AvgIpc) is 3.36. The van der Waals surface area contributed by atoms with Crippen LogP contribution >= 0.6 is 0 Å². The number of amides is 1. The Morgan fingerprint density at radius 2 is 1.86 bits per heavy atom. The van der Waals surface area contributed by atoms with Gasteiger partial charge >= 0.3 is 5.97 Å². The number of nitrogens with two attached hydrogens (primary N) is 1. The van der Waals surface area contributed by atoms with Gasteiger partial charge in [-0.3, -0.25) is 19.8 Å². The molecule has 1 unspecified atom stereocenters. The van der Waals surface area contributed by atoms with E-state index in [0.29, 0.717) is 30.5 Å². The lowest BCUT2D eigenvalue weighted by atomic mass is 9.89. The second-order valence-electron chi connectivity index (χ2n) is 8.67. The van der Waals surface area contributed by atoms with Gasteiger partial charge in [0.05, 0.1) is 13.0 Å². The summed E-state index contributed by atoms with van der Waals surface area (Å²) < 4.78 is 5.11. The van der Waals surface area contributed by atoms with Crippen molar-refractivity contribution in [3.8, 4) is 11.1 Å². The predicted molar refractivity (Wildman–Crippen MR) is 133 cm³/mol. The molecule has 0 bridgehead atoms. The van der Waals surface area contributed by atoms with Crippen LogP contribution in [-0.4, -0.2) is 47.3 Å². The summed E-state index contributed by atoms with van der Waals surface area (Å²) in [5.41, 5.74) is 9.17. The quantitative estimate of drug-likeness (QED) is 0.277. The number of amidine groups is 1. The summed E-state index contributed by atoms with van der Waals surface area (Å²) in [7, 11) is 1.36. The summed E-state index contributed by atoms with van der Waals surface area (Å²) in [6.45, 7) is 0.562. The zero-order valence-corrected chi connectivity index (χ0v) is 19.5. The van der Waals surface area contributed by atoms with Gasteiger partial charge in [-0.25, -0.2) is 0 Å². The fourth-order valence-corrected chi connectivity index (χ4v) is 4.67. The Hall–Kier alpha value is -4.20. The molecule has 3 aromatic rings. The van der Waals surface area contributed by atoms with Gasteiger partial charge in [-0.15, -0.1) is 0 Å². The van der Waals surface area contributed by atoms with Gasteiger partial charge in [0.25, 0.3) is 5.91 Å². The maximum absolute atomic E-state index is 13.4. The molecule has 1 aliphatic rings. The van der Waals surface area contributed by atoms with E-state index in [1.54, 1.807) is 41.4 Å². The zero-order chi connectivity index (χ0) is 24.9. The van der Waals surface area contributed by atoms with Crippen molar-refractivity contribution >= 4 is 17.7 Å². The number of nitrogens with one attached hydrogen (secondary N) is 2. The Bertz CT molecular complexity index is 1280. The minimum atomic E-state index is -0.533. The molecule has 1 aliphatic heterocycles. The highest BCUT2D eigenvalue weighted by Crippen LogP contribution is 2.30. The number of nitrogen functional groups attached to an aromatic ring is 1. The largest absolute Gasteiger partial charge is 0.469 e. The lowest BCUT2D eigenvalue weighted by Crippen LogP contribution is -2.44. The second kappa shape index (κ2) is 10.4. The zero-order valence-electron chi connectivity index (χ0n) is 19.5. The molecule has 0 radical (unpaired) electrons. The first-order valence-electron chi connectivity index (χ1n) is 11.5. The molecule has 8 nitrogen and oxygen atoms in total. The van der Waals surface area contributed by atoms with Gasteiger partial charge in [0.2, 0.25) is 5.56 Å². The highest BCUT2D eigenvalue weighted by Gasteiger charge is 2.39. The van der Waals surface area contributed by atoms with E-state index in [9.17, 15) is 14.4 Å². The Morgan fingerprint density at radius 3 is 2.51 bits per heavy atom. The van der Waals surface area contributed by atoms with Crippen LogP contribution in [0.3, 0.4) is 0 Å². The molecule has 4 N–H and O–H groups in total. The van der Waals surface area contributed by atoms with Crippen molar-refractivity contribution in [2.75, 3.05) is 13.7 Å². The van der Waals surface area contributed by atoms with Crippen molar-refractivity contribution in [1.29, 1.82) is 5.41 Å². The number of benzene rings is 2. The van der Waals surface area contributed by atoms with E-state index in [1.807, 2.05) is 24.3 Å². The maximum Gasteiger partial charge on any atom is 0.311 e. The van der Waals surface area contributed by atoms with Crippen molar-refractivity contribution in [1.82, 2.24) is 9.88 Å². The minimum Gasteiger partial charge on any atom is -0.469 e. The monoisotopic (exact) mass is 472 g/mol. The van der Waals surface area contributed by atoms with Crippen molar-refractivity contribution < 1.29 is 14.3 Å². The van der Waals surface area contributed by atoms with E-state index in [2.05, 4.69) is 4.98 Å². The number of esters is 1. The molecule has 0 saturated carbocycles. The first-order chi connectivity index (χ1) is 16.9. The first-order valence-corrected chi connectivity index (χ1v) is 11.5. The number of hydrogen-bond acceptors (Lipinski definition) is 5. The number of rotatable bonds is 7. The number of nitrogens with zero attached hydrogens (tertiary/aromatic N) is 1. The normalized spacial score (nSPS) is 16.0. The lowest BCUT2D eigenvalue weighted by Gasteiger charge is -2.30. The van der Waals surface area contributed by atoms with E-state index in [4.69, 9.17) is 15.9 Å². The van der Waals surface area contributed by atoms with Crippen LogP contribution < -0.4 is 11.3 Å². The number of aromatic nitrogens is 1. The predicted octanol–water partition coefficient (Wildman–Crippen LogP) is 2.96. The molecule has 2 heterocycles. The molecule has 1 fully saturated rings. The molecule has 8 heteroatoms. The fraction of sp³-hybridized carbons (Fsp3) is 0.259. The SMILES string of the molecule is COC(=O)C(Cc1cccc(C(=N)N)c1)[C@H]1CCCN1C(=O)c1ccc(-c2ccc(=O)[nH]c2)cc1. The number of aromatic amines is 1. The smallest absolute Gasteiger partial charge is 0.311 e. The van der Waals surface area contributed by atoms with E-state index in [1.165, 1.54) is 13.2 Å². The second-order valence-corrected chi connectivity index (χ2v) is 8.67. The Morgan fingerprint density at radius 1 is 1.11 bits per heavy atom. The van der Waals surface area contributed by atoms with Crippen molar-refractivity contribution in [3.05, 3.63) is 93.9 Å². The Kier molecular flexibility index (Phi) is 7.10. The Balaban J connectivity index is 1.56. The van der Waals surface area contributed by atoms with Crippen LogP contribution in [0.2, 0.25) is 0 Å². The average molecular weight is 473 g/mol. The maximum atomic E-state index is 13.4. The van der Waals surface area contributed by atoms with Crippen LogP contribution in [-0.2, 0) is 16.0 Å². The number of ether oxygens (including phenoxy) is 1. The highest BCUT2D eigenvalue weighted by atomic mass is 16.5. The first kappa shape index (κ1) is 23.9. The van der Waals surface area contributed by atoms with Gasteiger partial charge in [0.15, 0.2) is 0 Å². The van der Waals surface area contributed by atoms with Gasteiger partial charge in [-0.2, -0.15) is 0 Å². The lowest BCUT2D eigenvalue weighted by molar-refractivity contribution is -0.147. The van der Waals surface area contributed by atoms with Crippen LogP contribution in [0.5, 0.6) is 0 Å². The number of carbonyl (C=O) groups excluding carboxylic acids is 2. The highest BCUT2D eigenvalue weighted by molar-refractivity contribution is 5.96. The summed E-state index contributed by atoms with van der Waals surface area (Å²) >= 11 is 0. The molecule has 35 heavy (non-hydrogen) atoms. The minimum absolute atomic E-state index is 0.0375. The number of pyridine rings is 1. The summed E-state index contributed by atoms with van der Waals surface area (Å²) in [6.07, 6.45) is 3.52. The van der Waals surface area contributed by atoms with E-state index >= 15 is 0 Å². The van der Waals surface area contributed by atoms with E-state index in [0.717, 1.165) is 23.1 Å². The fourth-order valence-electron chi connectivity index (χ4n) is 4.67.